The first-order valence-corrected chi connectivity index (χ1v) is 6.22. The maximum Gasteiger partial charge on any atom is 0.151 e. The molecule has 0 radical (unpaired) electrons. The largest absolute Gasteiger partial charge is 0.390 e. The van der Waals surface area contributed by atoms with E-state index in [2.05, 4.69) is 41.0 Å². The van der Waals surface area contributed by atoms with Gasteiger partial charge >= 0.3 is 0 Å². The van der Waals surface area contributed by atoms with Crippen LogP contribution in [0, 0.1) is 16.7 Å². The van der Waals surface area contributed by atoms with Gasteiger partial charge in [0.2, 0.25) is 0 Å². The molecule has 17 heavy (non-hydrogen) atoms. The van der Waals surface area contributed by atoms with E-state index in [0.717, 1.165) is 15.7 Å². The van der Waals surface area contributed by atoms with Gasteiger partial charge in [-0.2, -0.15) is 5.26 Å². The maximum absolute atomic E-state index is 8.76. The summed E-state index contributed by atoms with van der Waals surface area (Å²) >= 11 is 3.41. The second-order valence-corrected chi connectivity index (χ2v) is 5.54. The fraction of sp³-hybridized carbons (Fsp3) is 0.385. The lowest BCUT2D eigenvalue weighted by atomic mass is 9.78. The van der Waals surface area contributed by atoms with Crippen LogP contribution >= 0.6 is 15.9 Å². The summed E-state index contributed by atoms with van der Waals surface area (Å²) in [6, 6.07) is 10.1. The first-order valence-electron chi connectivity index (χ1n) is 5.43. The van der Waals surface area contributed by atoms with Crippen LogP contribution in [0.5, 0.6) is 0 Å². The SMILES string of the molecule is CC1(C)C(c2ccc(Br)cc2)=NOC1CC#N. The molecule has 0 saturated heterocycles. The summed E-state index contributed by atoms with van der Waals surface area (Å²) in [6.07, 6.45) is 0.197. The lowest BCUT2D eigenvalue weighted by Gasteiger charge is -2.24. The smallest absolute Gasteiger partial charge is 0.151 e. The van der Waals surface area contributed by atoms with E-state index in [9.17, 15) is 0 Å². The zero-order valence-corrected chi connectivity index (χ0v) is 11.4. The lowest BCUT2D eigenvalue weighted by Crippen LogP contribution is -2.33. The van der Waals surface area contributed by atoms with Crippen molar-refractivity contribution in [2.45, 2.75) is 26.4 Å². The molecule has 1 aliphatic rings. The molecule has 0 N–H and O–H groups in total. The number of oxime groups is 1. The minimum absolute atomic E-state index is 0.161. The predicted molar refractivity (Wildman–Crippen MR) is 69.6 cm³/mol. The van der Waals surface area contributed by atoms with Crippen LogP contribution in [0.1, 0.15) is 25.8 Å². The van der Waals surface area contributed by atoms with Crippen molar-refractivity contribution in [3.8, 4) is 6.07 Å². The molecular formula is C13H13BrN2O. The number of nitrogens with zero attached hydrogens (tertiary/aromatic N) is 2. The minimum atomic E-state index is -0.233. The normalized spacial score (nSPS) is 21.5. The molecule has 88 valence electrons. The average Bonchev–Trinajstić information content (AvgIpc) is 2.57. The fourth-order valence-electron chi connectivity index (χ4n) is 1.93. The van der Waals surface area contributed by atoms with Crippen LogP contribution in [-0.2, 0) is 4.84 Å². The molecule has 0 aromatic heterocycles. The second kappa shape index (κ2) is 4.50. The molecule has 0 spiro atoms. The highest BCUT2D eigenvalue weighted by Gasteiger charge is 2.42. The molecule has 0 amide bonds. The van der Waals surface area contributed by atoms with Crippen LogP contribution in [0.2, 0.25) is 0 Å². The third-order valence-electron chi connectivity index (χ3n) is 3.08. The highest BCUT2D eigenvalue weighted by Crippen LogP contribution is 2.36. The van der Waals surface area contributed by atoms with Crippen molar-refractivity contribution in [2.24, 2.45) is 10.6 Å². The first-order chi connectivity index (χ1) is 8.05. The quantitative estimate of drug-likeness (QED) is 0.837. The van der Waals surface area contributed by atoms with Gasteiger partial charge in [0, 0.05) is 10.0 Å². The molecule has 0 fully saturated rings. The van der Waals surface area contributed by atoms with E-state index in [-0.39, 0.29) is 11.5 Å². The van der Waals surface area contributed by atoms with E-state index < -0.39 is 0 Å². The number of hydrogen-bond donors (Lipinski definition) is 0. The van der Waals surface area contributed by atoms with Gasteiger partial charge in [0.15, 0.2) is 6.10 Å². The third-order valence-corrected chi connectivity index (χ3v) is 3.61. The highest BCUT2D eigenvalue weighted by molar-refractivity contribution is 9.10. The molecule has 0 bridgehead atoms. The van der Waals surface area contributed by atoms with Crippen molar-refractivity contribution in [2.75, 3.05) is 0 Å². The Hall–Kier alpha value is -1.34. The van der Waals surface area contributed by atoms with Gasteiger partial charge in [-0.3, -0.25) is 0 Å². The summed E-state index contributed by atoms with van der Waals surface area (Å²) in [5.41, 5.74) is 1.72. The van der Waals surface area contributed by atoms with Crippen LogP contribution in [0.4, 0.5) is 0 Å². The molecule has 1 aromatic carbocycles. The maximum atomic E-state index is 8.76. The monoisotopic (exact) mass is 292 g/mol. The summed E-state index contributed by atoms with van der Waals surface area (Å²) in [4.78, 5) is 5.36. The Labute approximate surface area is 109 Å². The topological polar surface area (TPSA) is 45.4 Å². The van der Waals surface area contributed by atoms with Gasteiger partial charge in [0.05, 0.1) is 23.6 Å². The standard InChI is InChI=1S/C13H13BrN2O/c1-13(2)11(7-8-15)17-16-12(13)9-3-5-10(14)6-4-9/h3-6,11H,7H2,1-2H3. The molecule has 1 aromatic rings. The number of halogens is 1. The van der Waals surface area contributed by atoms with Gasteiger partial charge in [0.25, 0.3) is 0 Å². The molecule has 1 unspecified atom stereocenters. The lowest BCUT2D eigenvalue weighted by molar-refractivity contribution is 0.0403. The van der Waals surface area contributed by atoms with Crippen LogP contribution in [-0.4, -0.2) is 11.8 Å². The van der Waals surface area contributed by atoms with Gasteiger partial charge in [-0.1, -0.05) is 47.1 Å². The number of nitriles is 1. The van der Waals surface area contributed by atoms with E-state index in [1.54, 1.807) is 0 Å². The van der Waals surface area contributed by atoms with E-state index in [4.69, 9.17) is 10.1 Å². The Kier molecular flexibility index (Phi) is 3.21. The number of benzene rings is 1. The van der Waals surface area contributed by atoms with Crippen molar-refractivity contribution < 1.29 is 4.84 Å². The molecule has 0 saturated carbocycles. The predicted octanol–water partition coefficient (Wildman–Crippen LogP) is 3.49. The van der Waals surface area contributed by atoms with Crippen LogP contribution < -0.4 is 0 Å². The molecular weight excluding hydrogens is 280 g/mol. The third kappa shape index (κ3) is 2.20. The average molecular weight is 293 g/mol. The molecule has 1 atom stereocenters. The Morgan fingerprint density at radius 2 is 2.06 bits per heavy atom. The fourth-order valence-corrected chi connectivity index (χ4v) is 2.19. The van der Waals surface area contributed by atoms with E-state index in [0.29, 0.717) is 6.42 Å². The second-order valence-electron chi connectivity index (χ2n) is 4.62. The van der Waals surface area contributed by atoms with E-state index in [1.807, 2.05) is 24.3 Å². The summed E-state index contributed by atoms with van der Waals surface area (Å²) in [5, 5.41) is 12.9. The van der Waals surface area contributed by atoms with Gasteiger partial charge in [0.1, 0.15) is 0 Å². The summed E-state index contributed by atoms with van der Waals surface area (Å²) in [6.45, 7) is 4.12. The molecule has 4 heteroatoms. The highest BCUT2D eigenvalue weighted by atomic mass is 79.9. The van der Waals surface area contributed by atoms with Gasteiger partial charge in [-0.05, 0) is 12.1 Å². The number of hydrogen-bond acceptors (Lipinski definition) is 3. The Bertz CT molecular complexity index is 485. The van der Waals surface area contributed by atoms with E-state index in [1.165, 1.54) is 0 Å². The first kappa shape index (κ1) is 12.1. The zero-order valence-electron chi connectivity index (χ0n) is 9.77. The van der Waals surface area contributed by atoms with Gasteiger partial charge < -0.3 is 4.84 Å². The molecule has 3 nitrogen and oxygen atoms in total. The molecule has 0 aliphatic carbocycles. The molecule has 1 heterocycles. The zero-order chi connectivity index (χ0) is 12.5. The summed E-state index contributed by atoms with van der Waals surface area (Å²) in [7, 11) is 0. The molecule has 1 aliphatic heterocycles. The summed E-state index contributed by atoms with van der Waals surface area (Å²) < 4.78 is 1.03. The minimum Gasteiger partial charge on any atom is -0.390 e. The number of rotatable bonds is 2. The Morgan fingerprint density at radius 1 is 1.41 bits per heavy atom. The van der Waals surface area contributed by atoms with E-state index >= 15 is 0 Å². The van der Waals surface area contributed by atoms with Crippen LogP contribution in [0.15, 0.2) is 33.9 Å². The Morgan fingerprint density at radius 3 is 2.65 bits per heavy atom. The Balaban J connectivity index is 2.29. The van der Waals surface area contributed by atoms with Gasteiger partial charge in [-0.15, -0.1) is 0 Å². The van der Waals surface area contributed by atoms with Crippen molar-refractivity contribution in [3.05, 3.63) is 34.3 Å². The van der Waals surface area contributed by atoms with Crippen molar-refractivity contribution in [3.63, 3.8) is 0 Å². The van der Waals surface area contributed by atoms with Crippen LogP contribution in [0.3, 0.4) is 0 Å². The van der Waals surface area contributed by atoms with Gasteiger partial charge in [-0.25, -0.2) is 0 Å². The van der Waals surface area contributed by atoms with Crippen molar-refractivity contribution in [1.29, 1.82) is 5.26 Å². The van der Waals surface area contributed by atoms with Crippen molar-refractivity contribution in [1.82, 2.24) is 0 Å². The molecule has 2 rings (SSSR count). The van der Waals surface area contributed by atoms with Crippen LogP contribution in [0.25, 0.3) is 0 Å². The summed E-state index contributed by atoms with van der Waals surface area (Å²) in [5.74, 6) is 0. The van der Waals surface area contributed by atoms with Crippen molar-refractivity contribution >= 4 is 21.6 Å².